The Bertz CT molecular complexity index is 831. The quantitative estimate of drug-likeness (QED) is 0.825. The minimum atomic E-state index is -0.365. The highest BCUT2D eigenvalue weighted by atomic mass is 32.1. The fourth-order valence-electron chi connectivity index (χ4n) is 4.14. The molecule has 140 valence electrons. The molecule has 1 atom stereocenters. The van der Waals surface area contributed by atoms with Crippen LogP contribution in [0.3, 0.4) is 0 Å². The molecule has 2 aromatic heterocycles. The molecule has 1 fully saturated rings. The van der Waals surface area contributed by atoms with Crippen molar-refractivity contribution in [2.24, 2.45) is 5.92 Å². The van der Waals surface area contributed by atoms with Crippen LogP contribution in [-0.2, 0) is 19.3 Å². The number of thiophene rings is 1. The monoisotopic (exact) mass is 374 g/mol. The summed E-state index contributed by atoms with van der Waals surface area (Å²) in [6.45, 7) is 0.125. The lowest BCUT2D eigenvalue weighted by atomic mass is 9.89. The van der Waals surface area contributed by atoms with Gasteiger partial charge in [0, 0.05) is 40.7 Å². The maximum absolute atomic E-state index is 12.8. The molecule has 2 N–H and O–H groups in total. The molecule has 1 unspecified atom stereocenters. The summed E-state index contributed by atoms with van der Waals surface area (Å²) < 4.78 is 5.73. The van der Waals surface area contributed by atoms with Gasteiger partial charge in [-0.1, -0.05) is 12.8 Å². The Balaban J connectivity index is 1.78. The van der Waals surface area contributed by atoms with E-state index in [0.717, 1.165) is 66.7 Å². The van der Waals surface area contributed by atoms with Crippen molar-refractivity contribution in [3.05, 3.63) is 49.2 Å². The number of rotatable bonds is 5. The first-order chi connectivity index (χ1) is 12.7. The van der Waals surface area contributed by atoms with Crippen molar-refractivity contribution in [1.82, 2.24) is 0 Å². The zero-order valence-corrected chi connectivity index (χ0v) is 15.8. The number of hydrogen-bond acceptors (Lipinski definition) is 5. The Labute approximate surface area is 157 Å². The molecule has 4 nitrogen and oxygen atoms in total. The third-order valence-corrected chi connectivity index (χ3v) is 6.87. The van der Waals surface area contributed by atoms with Gasteiger partial charge in [0.1, 0.15) is 11.5 Å². The predicted octanol–water partition coefficient (Wildman–Crippen LogP) is 4.14. The Morgan fingerprint density at radius 1 is 1.15 bits per heavy atom. The molecule has 0 spiro atoms. The lowest BCUT2D eigenvalue weighted by Gasteiger charge is -2.20. The van der Waals surface area contributed by atoms with Crippen molar-refractivity contribution in [3.8, 4) is 5.75 Å². The SMILES string of the molecule is O=c1oc2c(c(O)c1C(c1ccc(CCO)s1)C1CC1)CCCCCC2. The van der Waals surface area contributed by atoms with Crippen molar-refractivity contribution in [3.63, 3.8) is 0 Å². The van der Waals surface area contributed by atoms with Gasteiger partial charge >= 0.3 is 5.63 Å². The summed E-state index contributed by atoms with van der Waals surface area (Å²) in [5.74, 6) is 1.19. The van der Waals surface area contributed by atoms with Crippen LogP contribution in [0.5, 0.6) is 5.75 Å². The molecule has 0 amide bonds. The second-order valence-electron chi connectivity index (χ2n) is 7.56. The fourth-order valence-corrected chi connectivity index (χ4v) is 5.35. The van der Waals surface area contributed by atoms with E-state index < -0.39 is 0 Å². The van der Waals surface area contributed by atoms with E-state index >= 15 is 0 Å². The Hall–Kier alpha value is -1.59. The molecule has 26 heavy (non-hydrogen) atoms. The van der Waals surface area contributed by atoms with Gasteiger partial charge < -0.3 is 14.6 Å². The standard InChI is InChI=1S/C21H26O4S/c22-12-11-14-9-10-17(26-14)18(13-7-8-13)19-20(23)15-5-3-1-2-4-6-16(15)25-21(19)24/h9-10,13,18,22-23H,1-8,11-12H2. The number of aliphatic hydroxyl groups is 1. The molecule has 2 aliphatic rings. The predicted molar refractivity (Wildman–Crippen MR) is 102 cm³/mol. The highest BCUT2D eigenvalue weighted by molar-refractivity contribution is 7.12. The molecule has 0 bridgehead atoms. The first-order valence-electron chi connectivity index (χ1n) is 9.76. The van der Waals surface area contributed by atoms with Crippen LogP contribution in [0.4, 0.5) is 0 Å². The molecular formula is C21H26O4S. The molecule has 2 aromatic rings. The first kappa shape index (κ1) is 17.8. The van der Waals surface area contributed by atoms with Gasteiger partial charge in [-0.3, -0.25) is 0 Å². The number of hydrogen-bond donors (Lipinski definition) is 2. The number of aliphatic hydroxyl groups excluding tert-OH is 1. The van der Waals surface area contributed by atoms with E-state index in [-0.39, 0.29) is 23.9 Å². The Morgan fingerprint density at radius 2 is 1.92 bits per heavy atom. The number of aromatic hydroxyl groups is 1. The van der Waals surface area contributed by atoms with Crippen molar-refractivity contribution in [1.29, 1.82) is 0 Å². The average Bonchev–Trinajstić information content (AvgIpc) is 3.32. The van der Waals surface area contributed by atoms with Gasteiger partial charge in [0.2, 0.25) is 0 Å². The van der Waals surface area contributed by atoms with Crippen LogP contribution in [0.15, 0.2) is 21.3 Å². The van der Waals surface area contributed by atoms with Gasteiger partial charge in [-0.05, 0) is 50.2 Å². The van der Waals surface area contributed by atoms with Gasteiger partial charge in [0.25, 0.3) is 0 Å². The molecule has 0 radical (unpaired) electrons. The fraction of sp³-hybridized carbons (Fsp3) is 0.571. The topological polar surface area (TPSA) is 70.7 Å². The van der Waals surface area contributed by atoms with E-state index in [9.17, 15) is 15.0 Å². The second kappa shape index (κ2) is 7.57. The zero-order chi connectivity index (χ0) is 18.1. The van der Waals surface area contributed by atoms with E-state index in [2.05, 4.69) is 0 Å². The van der Waals surface area contributed by atoms with Crippen LogP contribution in [-0.4, -0.2) is 16.8 Å². The van der Waals surface area contributed by atoms with Crippen LogP contribution >= 0.6 is 11.3 Å². The molecule has 2 aliphatic carbocycles. The Morgan fingerprint density at radius 3 is 2.65 bits per heavy atom. The van der Waals surface area contributed by atoms with Crippen LogP contribution < -0.4 is 5.63 Å². The largest absolute Gasteiger partial charge is 0.507 e. The average molecular weight is 375 g/mol. The number of aryl methyl sites for hydroxylation is 1. The normalized spacial score (nSPS) is 18.8. The van der Waals surface area contributed by atoms with E-state index in [1.165, 1.54) is 0 Å². The minimum Gasteiger partial charge on any atom is -0.507 e. The molecule has 0 aromatic carbocycles. The van der Waals surface area contributed by atoms with Gasteiger partial charge in [-0.2, -0.15) is 0 Å². The molecule has 2 heterocycles. The second-order valence-corrected chi connectivity index (χ2v) is 8.76. The zero-order valence-electron chi connectivity index (χ0n) is 15.0. The minimum absolute atomic E-state index is 0.0839. The molecular weight excluding hydrogens is 348 g/mol. The van der Waals surface area contributed by atoms with Crippen LogP contribution in [0.2, 0.25) is 0 Å². The van der Waals surface area contributed by atoms with E-state index in [1.807, 2.05) is 12.1 Å². The van der Waals surface area contributed by atoms with Gasteiger partial charge in [-0.15, -0.1) is 11.3 Å². The molecule has 5 heteroatoms. The summed E-state index contributed by atoms with van der Waals surface area (Å²) in [5.41, 5.74) is 0.956. The highest BCUT2D eigenvalue weighted by Gasteiger charge is 2.39. The third-order valence-electron chi connectivity index (χ3n) is 5.65. The lowest BCUT2D eigenvalue weighted by Crippen LogP contribution is -2.18. The summed E-state index contributed by atoms with van der Waals surface area (Å²) in [6.07, 6.45) is 8.67. The molecule has 0 saturated heterocycles. The lowest BCUT2D eigenvalue weighted by molar-refractivity contribution is 0.300. The Kier molecular flexibility index (Phi) is 5.18. The smallest absolute Gasteiger partial charge is 0.343 e. The van der Waals surface area contributed by atoms with E-state index in [4.69, 9.17) is 4.42 Å². The van der Waals surface area contributed by atoms with Gasteiger partial charge in [-0.25, -0.2) is 4.79 Å². The highest BCUT2D eigenvalue weighted by Crippen LogP contribution is 2.50. The maximum atomic E-state index is 12.8. The van der Waals surface area contributed by atoms with Crippen LogP contribution in [0, 0.1) is 5.92 Å². The summed E-state index contributed by atoms with van der Waals surface area (Å²) >= 11 is 1.64. The summed E-state index contributed by atoms with van der Waals surface area (Å²) in [4.78, 5) is 15.0. The molecule has 0 aliphatic heterocycles. The van der Waals surface area contributed by atoms with E-state index in [0.29, 0.717) is 23.7 Å². The van der Waals surface area contributed by atoms with Crippen molar-refractivity contribution >= 4 is 11.3 Å². The van der Waals surface area contributed by atoms with E-state index in [1.54, 1.807) is 11.3 Å². The molecule has 1 saturated carbocycles. The first-order valence-corrected chi connectivity index (χ1v) is 10.6. The maximum Gasteiger partial charge on any atom is 0.343 e. The van der Waals surface area contributed by atoms with Gasteiger partial charge in [0.05, 0.1) is 5.56 Å². The third kappa shape index (κ3) is 3.47. The summed E-state index contributed by atoms with van der Waals surface area (Å²) in [7, 11) is 0. The van der Waals surface area contributed by atoms with Gasteiger partial charge in [0.15, 0.2) is 0 Å². The summed E-state index contributed by atoms with van der Waals surface area (Å²) in [5, 5.41) is 20.2. The van der Waals surface area contributed by atoms with Crippen molar-refractivity contribution in [2.75, 3.05) is 6.61 Å². The van der Waals surface area contributed by atoms with Crippen LogP contribution in [0.1, 0.15) is 71.1 Å². The number of fused-ring (bicyclic) bond motifs is 1. The van der Waals surface area contributed by atoms with Crippen molar-refractivity contribution < 1.29 is 14.6 Å². The van der Waals surface area contributed by atoms with Crippen LogP contribution in [0.25, 0.3) is 0 Å². The summed E-state index contributed by atoms with van der Waals surface area (Å²) in [6, 6.07) is 4.08. The molecule has 4 rings (SSSR count). The van der Waals surface area contributed by atoms with Crippen molar-refractivity contribution in [2.45, 2.75) is 63.7 Å².